The fourth-order valence-electron chi connectivity index (χ4n) is 5.95. The largest absolute Gasteiger partial charge is 0.310 e. The number of amides is 1. The van der Waals surface area contributed by atoms with Crippen LogP contribution < -0.4 is 5.32 Å². The van der Waals surface area contributed by atoms with Gasteiger partial charge in [0, 0.05) is 6.20 Å². The molecule has 1 amide bonds. The number of carbonyl (C=O) groups excluding carboxylic acids is 1. The second kappa shape index (κ2) is 5.09. The van der Waals surface area contributed by atoms with Crippen LogP contribution in [0.25, 0.3) is 0 Å². The number of rotatable bonds is 3. The van der Waals surface area contributed by atoms with Gasteiger partial charge in [-0.3, -0.25) is 4.79 Å². The Kier molecular flexibility index (Phi) is 3.05. The summed E-state index contributed by atoms with van der Waals surface area (Å²) in [7, 11) is 0. The zero-order valence-corrected chi connectivity index (χ0v) is 14.4. The molecular formula is C18H22N6O. The van der Waals surface area contributed by atoms with Crippen molar-refractivity contribution < 1.29 is 4.79 Å². The Labute approximate surface area is 146 Å². The highest BCUT2D eigenvalue weighted by Gasteiger charge is 2.62. The molecule has 4 fully saturated rings. The van der Waals surface area contributed by atoms with Gasteiger partial charge in [-0.25, -0.2) is 4.98 Å². The van der Waals surface area contributed by atoms with Crippen LogP contribution in [0.15, 0.2) is 24.7 Å². The molecule has 6 rings (SSSR count). The summed E-state index contributed by atoms with van der Waals surface area (Å²) in [6.45, 7) is 2.01. The zero-order valence-electron chi connectivity index (χ0n) is 14.4. The first-order valence-corrected chi connectivity index (χ1v) is 9.05. The summed E-state index contributed by atoms with van der Waals surface area (Å²) >= 11 is 0. The first kappa shape index (κ1) is 15.0. The standard InChI is InChI=1S/C18H22N6O/c1-12-2-3-19-15(4-12)22-16(25)17-6-13-5-14(7-17)9-18(8-13,10-17)24-21-11-20-23-24/h2-4,11,13-14H,5-10H2,1H3,(H,19,22,25)/t13-,14-,17?,18?/m0/s1. The van der Waals surface area contributed by atoms with Crippen molar-refractivity contribution in [2.75, 3.05) is 5.32 Å². The molecule has 0 radical (unpaired) electrons. The summed E-state index contributed by atoms with van der Waals surface area (Å²) in [5.74, 6) is 1.91. The molecule has 4 aliphatic carbocycles. The number of nitrogens with zero attached hydrogens (tertiary/aromatic N) is 5. The Morgan fingerprint density at radius 3 is 2.76 bits per heavy atom. The minimum absolute atomic E-state index is 0.115. The van der Waals surface area contributed by atoms with E-state index in [-0.39, 0.29) is 16.9 Å². The Bertz CT molecular complexity index is 803. The lowest BCUT2D eigenvalue weighted by Gasteiger charge is -2.60. The molecule has 4 bridgehead atoms. The molecule has 2 aromatic rings. The Morgan fingerprint density at radius 1 is 1.28 bits per heavy atom. The Morgan fingerprint density at radius 2 is 2.08 bits per heavy atom. The minimum Gasteiger partial charge on any atom is -0.310 e. The number of tetrazole rings is 1. The van der Waals surface area contributed by atoms with Crippen LogP contribution in [0.4, 0.5) is 5.82 Å². The third-order valence-electron chi connectivity index (χ3n) is 6.44. The number of aryl methyl sites for hydroxylation is 1. The van der Waals surface area contributed by atoms with E-state index in [9.17, 15) is 4.79 Å². The summed E-state index contributed by atoms with van der Waals surface area (Å²) in [5.41, 5.74) is 0.625. The minimum atomic E-state index is -0.330. The number of nitrogens with one attached hydrogen (secondary N) is 1. The summed E-state index contributed by atoms with van der Waals surface area (Å²) < 4.78 is 0. The van der Waals surface area contributed by atoms with Crippen LogP contribution in [-0.2, 0) is 10.3 Å². The van der Waals surface area contributed by atoms with Gasteiger partial charge in [-0.2, -0.15) is 4.80 Å². The molecule has 2 aromatic heterocycles. The van der Waals surface area contributed by atoms with Crippen LogP contribution >= 0.6 is 0 Å². The molecule has 0 aliphatic heterocycles. The molecule has 0 saturated heterocycles. The molecule has 0 aromatic carbocycles. The maximum absolute atomic E-state index is 13.3. The van der Waals surface area contributed by atoms with Gasteiger partial charge in [0.15, 0.2) is 6.33 Å². The molecule has 0 spiro atoms. The number of pyridine rings is 1. The third-order valence-corrected chi connectivity index (χ3v) is 6.44. The molecule has 0 unspecified atom stereocenters. The van der Waals surface area contributed by atoms with Crippen LogP contribution in [0.1, 0.15) is 44.1 Å². The third kappa shape index (κ3) is 2.28. The molecule has 130 valence electrons. The van der Waals surface area contributed by atoms with E-state index in [1.165, 1.54) is 12.7 Å². The van der Waals surface area contributed by atoms with Crippen molar-refractivity contribution in [3.05, 3.63) is 30.2 Å². The second-order valence-corrected chi connectivity index (χ2v) is 8.36. The van der Waals surface area contributed by atoms with E-state index in [1.807, 2.05) is 19.1 Å². The van der Waals surface area contributed by atoms with Gasteiger partial charge >= 0.3 is 0 Å². The predicted molar refractivity (Wildman–Crippen MR) is 90.5 cm³/mol. The number of hydrogen-bond donors (Lipinski definition) is 1. The van der Waals surface area contributed by atoms with Crippen molar-refractivity contribution in [3.63, 3.8) is 0 Å². The highest BCUT2D eigenvalue weighted by atomic mass is 16.2. The van der Waals surface area contributed by atoms with Gasteiger partial charge in [0.2, 0.25) is 5.91 Å². The summed E-state index contributed by atoms with van der Waals surface area (Å²) in [6.07, 6.45) is 9.35. The molecule has 2 atom stereocenters. The van der Waals surface area contributed by atoms with E-state index in [4.69, 9.17) is 0 Å². The van der Waals surface area contributed by atoms with Gasteiger partial charge in [-0.15, -0.1) is 10.2 Å². The molecule has 1 N–H and O–H groups in total. The van der Waals surface area contributed by atoms with Gasteiger partial charge in [-0.05, 0) is 80.2 Å². The van der Waals surface area contributed by atoms with Crippen LogP contribution in [0.5, 0.6) is 0 Å². The first-order valence-electron chi connectivity index (χ1n) is 9.05. The van der Waals surface area contributed by atoms with E-state index in [2.05, 4.69) is 25.7 Å². The zero-order chi connectivity index (χ0) is 17.1. The van der Waals surface area contributed by atoms with E-state index in [1.54, 1.807) is 11.0 Å². The Hall–Kier alpha value is -2.31. The lowest BCUT2D eigenvalue weighted by atomic mass is 9.46. The topological polar surface area (TPSA) is 85.6 Å². The number of anilines is 1. The smallest absolute Gasteiger partial charge is 0.231 e. The molecular weight excluding hydrogens is 316 g/mol. The van der Waals surface area contributed by atoms with Crippen LogP contribution in [0.3, 0.4) is 0 Å². The Balaban J connectivity index is 1.47. The number of hydrogen-bond acceptors (Lipinski definition) is 5. The quantitative estimate of drug-likeness (QED) is 0.928. The molecule has 7 heteroatoms. The second-order valence-electron chi connectivity index (χ2n) is 8.36. The van der Waals surface area contributed by atoms with Crippen LogP contribution in [0.2, 0.25) is 0 Å². The highest BCUT2D eigenvalue weighted by molar-refractivity contribution is 5.95. The first-order chi connectivity index (χ1) is 12.1. The summed E-state index contributed by atoms with van der Waals surface area (Å²) in [6, 6.07) is 3.86. The lowest BCUT2D eigenvalue weighted by Crippen LogP contribution is -2.60. The monoisotopic (exact) mass is 338 g/mol. The average Bonchev–Trinajstić information content (AvgIpc) is 3.09. The van der Waals surface area contributed by atoms with Crippen LogP contribution in [-0.4, -0.2) is 31.1 Å². The van der Waals surface area contributed by atoms with E-state index in [0.29, 0.717) is 17.7 Å². The van der Waals surface area contributed by atoms with Crippen molar-refractivity contribution in [1.29, 1.82) is 0 Å². The molecule has 4 saturated carbocycles. The van der Waals surface area contributed by atoms with Crippen molar-refractivity contribution >= 4 is 11.7 Å². The number of aromatic nitrogens is 5. The van der Waals surface area contributed by atoms with E-state index < -0.39 is 0 Å². The molecule has 25 heavy (non-hydrogen) atoms. The SMILES string of the molecule is Cc1ccnc(NC(=O)C23C[C@@H]4C[C@@H](C2)CC(n2ncnn2)(C4)C3)c1. The summed E-state index contributed by atoms with van der Waals surface area (Å²) in [4.78, 5) is 19.4. The number of carbonyl (C=O) groups is 1. The molecule has 2 heterocycles. The van der Waals surface area contributed by atoms with Crippen molar-refractivity contribution in [1.82, 2.24) is 25.2 Å². The van der Waals surface area contributed by atoms with Gasteiger partial charge in [-0.1, -0.05) is 0 Å². The van der Waals surface area contributed by atoms with E-state index >= 15 is 0 Å². The fraction of sp³-hybridized carbons (Fsp3) is 0.611. The highest BCUT2D eigenvalue weighted by Crippen LogP contribution is 2.64. The van der Waals surface area contributed by atoms with Crippen molar-refractivity contribution in [3.8, 4) is 0 Å². The average molecular weight is 338 g/mol. The van der Waals surface area contributed by atoms with Crippen molar-refractivity contribution in [2.45, 2.75) is 51.0 Å². The summed E-state index contributed by atoms with van der Waals surface area (Å²) in [5, 5.41) is 15.5. The predicted octanol–water partition coefficient (Wildman–Crippen LogP) is 2.31. The van der Waals surface area contributed by atoms with Gasteiger partial charge < -0.3 is 5.32 Å². The fourth-order valence-corrected chi connectivity index (χ4v) is 5.95. The van der Waals surface area contributed by atoms with Gasteiger partial charge in [0.1, 0.15) is 5.82 Å². The van der Waals surface area contributed by atoms with Crippen LogP contribution in [0, 0.1) is 24.2 Å². The van der Waals surface area contributed by atoms with Gasteiger partial charge in [0.25, 0.3) is 0 Å². The molecule has 4 aliphatic rings. The maximum Gasteiger partial charge on any atom is 0.231 e. The van der Waals surface area contributed by atoms with Crippen molar-refractivity contribution in [2.24, 2.45) is 17.3 Å². The normalized spacial score (nSPS) is 35.7. The van der Waals surface area contributed by atoms with Gasteiger partial charge in [0.05, 0.1) is 11.0 Å². The molecule has 7 nitrogen and oxygen atoms in total. The van der Waals surface area contributed by atoms with E-state index in [0.717, 1.165) is 37.7 Å². The lowest BCUT2D eigenvalue weighted by molar-refractivity contribution is -0.152. The maximum atomic E-state index is 13.3.